The van der Waals surface area contributed by atoms with Crippen LogP contribution in [0.15, 0.2) is 64.0 Å². The SMILES string of the molecule is CS(=Nc1ccc2nccc(Cl)c2c1)c1ccccc1O. The number of rotatable bonds is 2. The molecule has 5 heteroatoms. The Kier molecular flexibility index (Phi) is 3.90. The number of halogens is 1. The molecule has 0 bridgehead atoms. The second kappa shape index (κ2) is 5.84. The Balaban J connectivity index is 2.07. The van der Waals surface area contributed by atoms with Gasteiger partial charge in [-0.25, -0.2) is 4.36 Å². The zero-order chi connectivity index (χ0) is 14.8. The summed E-state index contributed by atoms with van der Waals surface area (Å²) in [4.78, 5) is 5.10. The largest absolute Gasteiger partial charge is 0.507 e. The van der Waals surface area contributed by atoms with Crippen LogP contribution in [0.25, 0.3) is 10.9 Å². The first-order chi connectivity index (χ1) is 10.1. The summed E-state index contributed by atoms with van der Waals surface area (Å²) in [7, 11) is -0.434. The van der Waals surface area contributed by atoms with Gasteiger partial charge in [-0.2, -0.15) is 0 Å². The minimum absolute atomic E-state index is 0.271. The third-order valence-corrected chi connectivity index (χ3v) is 4.89. The van der Waals surface area contributed by atoms with Crippen LogP contribution in [0, 0.1) is 0 Å². The Labute approximate surface area is 130 Å². The van der Waals surface area contributed by atoms with Crippen molar-refractivity contribution in [3.63, 3.8) is 0 Å². The van der Waals surface area contributed by atoms with Crippen molar-refractivity contribution in [2.75, 3.05) is 6.26 Å². The van der Waals surface area contributed by atoms with E-state index in [1.807, 2.05) is 36.6 Å². The lowest BCUT2D eigenvalue weighted by Gasteiger charge is -2.06. The molecule has 0 saturated heterocycles. The topological polar surface area (TPSA) is 45.5 Å². The Morgan fingerprint density at radius 1 is 1.14 bits per heavy atom. The van der Waals surface area contributed by atoms with E-state index in [1.54, 1.807) is 24.4 Å². The van der Waals surface area contributed by atoms with Crippen LogP contribution in [0.4, 0.5) is 5.69 Å². The number of fused-ring (bicyclic) bond motifs is 1. The van der Waals surface area contributed by atoms with E-state index in [0.717, 1.165) is 21.5 Å². The molecule has 1 N–H and O–H groups in total. The number of hydrogen-bond donors (Lipinski definition) is 1. The van der Waals surface area contributed by atoms with Gasteiger partial charge in [0.25, 0.3) is 0 Å². The van der Waals surface area contributed by atoms with Crippen molar-refractivity contribution in [2.24, 2.45) is 4.36 Å². The van der Waals surface area contributed by atoms with Gasteiger partial charge < -0.3 is 5.11 Å². The summed E-state index contributed by atoms with van der Waals surface area (Å²) >= 11 is 6.19. The van der Waals surface area contributed by atoms with Gasteiger partial charge in [0.15, 0.2) is 0 Å². The highest BCUT2D eigenvalue weighted by Crippen LogP contribution is 2.28. The maximum Gasteiger partial charge on any atom is 0.130 e. The summed E-state index contributed by atoms with van der Waals surface area (Å²) in [5.41, 5.74) is 1.67. The van der Waals surface area contributed by atoms with E-state index in [4.69, 9.17) is 11.6 Å². The van der Waals surface area contributed by atoms with E-state index >= 15 is 0 Å². The number of phenolic OH excluding ortho intramolecular Hbond substituents is 1. The van der Waals surface area contributed by atoms with E-state index in [-0.39, 0.29) is 5.75 Å². The van der Waals surface area contributed by atoms with Crippen molar-refractivity contribution >= 4 is 38.9 Å². The van der Waals surface area contributed by atoms with E-state index < -0.39 is 10.7 Å². The van der Waals surface area contributed by atoms with Gasteiger partial charge in [-0.15, -0.1) is 0 Å². The van der Waals surface area contributed by atoms with Crippen LogP contribution in [0.1, 0.15) is 0 Å². The van der Waals surface area contributed by atoms with Crippen molar-refractivity contribution in [3.8, 4) is 5.75 Å². The van der Waals surface area contributed by atoms with Crippen molar-refractivity contribution in [1.82, 2.24) is 4.98 Å². The normalized spacial score (nSPS) is 12.7. The Morgan fingerprint density at radius 2 is 1.95 bits per heavy atom. The van der Waals surface area contributed by atoms with Gasteiger partial charge in [-0.05, 0) is 42.7 Å². The van der Waals surface area contributed by atoms with Crippen LogP contribution in [0.5, 0.6) is 5.75 Å². The first-order valence-electron chi connectivity index (χ1n) is 6.35. The highest BCUT2D eigenvalue weighted by atomic mass is 35.5. The molecule has 0 spiro atoms. The third-order valence-electron chi connectivity index (χ3n) is 3.10. The molecule has 3 nitrogen and oxygen atoms in total. The minimum Gasteiger partial charge on any atom is -0.507 e. The van der Waals surface area contributed by atoms with Gasteiger partial charge >= 0.3 is 0 Å². The molecule has 1 unspecified atom stereocenters. The van der Waals surface area contributed by atoms with Gasteiger partial charge in [0.05, 0.1) is 21.1 Å². The van der Waals surface area contributed by atoms with Gasteiger partial charge in [0, 0.05) is 11.6 Å². The van der Waals surface area contributed by atoms with E-state index in [2.05, 4.69) is 9.35 Å². The van der Waals surface area contributed by atoms with Crippen molar-refractivity contribution < 1.29 is 5.11 Å². The highest BCUT2D eigenvalue weighted by Gasteiger charge is 2.04. The predicted molar refractivity (Wildman–Crippen MR) is 88.5 cm³/mol. The van der Waals surface area contributed by atoms with Crippen LogP contribution >= 0.6 is 11.6 Å². The number of nitrogens with zero attached hydrogens (tertiary/aromatic N) is 2. The predicted octanol–water partition coefficient (Wildman–Crippen LogP) is 4.72. The molecule has 21 heavy (non-hydrogen) atoms. The van der Waals surface area contributed by atoms with Crippen molar-refractivity contribution in [2.45, 2.75) is 4.90 Å². The third kappa shape index (κ3) is 2.91. The molecular formula is C16H13ClN2OS. The van der Waals surface area contributed by atoms with E-state index in [9.17, 15) is 5.11 Å². The van der Waals surface area contributed by atoms with Crippen LogP contribution in [-0.4, -0.2) is 16.3 Å². The lowest BCUT2D eigenvalue weighted by Crippen LogP contribution is -1.87. The molecule has 0 aliphatic carbocycles. The molecule has 0 amide bonds. The second-order valence-electron chi connectivity index (χ2n) is 4.53. The molecule has 1 heterocycles. The van der Waals surface area contributed by atoms with Gasteiger partial charge in [0.2, 0.25) is 0 Å². The van der Waals surface area contributed by atoms with Crippen molar-refractivity contribution in [1.29, 1.82) is 0 Å². The maximum atomic E-state index is 9.89. The number of aromatic hydroxyl groups is 1. The molecule has 0 saturated carbocycles. The van der Waals surface area contributed by atoms with Gasteiger partial charge in [0.1, 0.15) is 5.75 Å². The highest BCUT2D eigenvalue weighted by molar-refractivity contribution is 7.86. The lowest BCUT2D eigenvalue weighted by molar-refractivity contribution is 0.462. The summed E-state index contributed by atoms with van der Waals surface area (Å²) in [5.74, 6) is 0.271. The quantitative estimate of drug-likeness (QED) is 0.743. The number of benzene rings is 2. The minimum atomic E-state index is -0.434. The summed E-state index contributed by atoms with van der Waals surface area (Å²) in [6, 6.07) is 14.8. The van der Waals surface area contributed by atoms with Crippen LogP contribution < -0.4 is 0 Å². The van der Waals surface area contributed by atoms with Crippen LogP contribution in [0.2, 0.25) is 5.02 Å². The summed E-state index contributed by atoms with van der Waals surface area (Å²) < 4.78 is 4.66. The number of phenols is 1. The number of aromatic nitrogens is 1. The second-order valence-corrected chi connectivity index (χ2v) is 6.52. The molecule has 106 valence electrons. The molecule has 3 rings (SSSR count). The average Bonchev–Trinajstić information content (AvgIpc) is 2.48. The molecule has 0 aliphatic rings. The average molecular weight is 317 g/mol. The summed E-state index contributed by atoms with van der Waals surface area (Å²) in [6.45, 7) is 0. The molecule has 1 atom stereocenters. The van der Waals surface area contributed by atoms with Crippen molar-refractivity contribution in [3.05, 3.63) is 59.8 Å². The van der Waals surface area contributed by atoms with E-state index in [0.29, 0.717) is 5.02 Å². The molecule has 1 aromatic heterocycles. The van der Waals surface area contributed by atoms with Crippen LogP contribution in [-0.2, 0) is 10.7 Å². The monoisotopic (exact) mass is 316 g/mol. The van der Waals surface area contributed by atoms with E-state index in [1.165, 1.54) is 0 Å². The Morgan fingerprint density at radius 3 is 2.76 bits per heavy atom. The Bertz CT molecular complexity index is 849. The fraction of sp³-hybridized carbons (Fsp3) is 0.0625. The summed E-state index contributed by atoms with van der Waals surface area (Å²) in [5, 5.41) is 11.4. The van der Waals surface area contributed by atoms with Gasteiger partial charge in [-0.3, -0.25) is 4.98 Å². The zero-order valence-corrected chi connectivity index (χ0v) is 12.9. The Hall–Kier alpha value is -1.91. The number of hydrogen-bond acceptors (Lipinski definition) is 3. The molecule has 0 radical (unpaired) electrons. The number of para-hydroxylation sites is 1. The fourth-order valence-electron chi connectivity index (χ4n) is 2.07. The molecular weight excluding hydrogens is 304 g/mol. The standard InChI is InChI=1S/C16H13ClN2OS/c1-21(16-5-3-2-4-15(16)20)19-11-6-7-14-12(10-11)13(17)8-9-18-14/h2-10,20H,1H3. The maximum absolute atomic E-state index is 9.89. The zero-order valence-electron chi connectivity index (χ0n) is 11.3. The smallest absolute Gasteiger partial charge is 0.130 e. The fourth-order valence-corrected chi connectivity index (χ4v) is 3.45. The molecule has 0 fully saturated rings. The summed E-state index contributed by atoms with van der Waals surface area (Å²) in [6.07, 6.45) is 3.66. The molecule has 3 aromatic rings. The molecule has 2 aromatic carbocycles. The first-order valence-corrected chi connectivity index (χ1v) is 8.32. The number of pyridine rings is 1. The van der Waals surface area contributed by atoms with Crippen LogP contribution in [0.3, 0.4) is 0 Å². The molecule has 0 aliphatic heterocycles. The first kappa shape index (κ1) is 14.0. The lowest BCUT2D eigenvalue weighted by atomic mass is 10.2. The van der Waals surface area contributed by atoms with Gasteiger partial charge in [-0.1, -0.05) is 34.4 Å².